The van der Waals surface area contributed by atoms with Gasteiger partial charge < -0.3 is 9.88 Å². The van der Waals surface area contributed by atoms with Crippen molar-refractivity contribution >= 4 is 27.2 Å². The molecule has 0 saturated carbocycles. The summed E-state index contributed by atoms with van der Waals surface area (Å²) in [5.74, 6) is 0.705. The van der Waals surface area contributed by atoms with Gasteiger partial charge in [-0.05, 0) is 55.6 Å². The van der Waals surface area contributed by atoms with E-state index in [9.17, 15) is 4.79 Å². The molecule has 0 unspecified atom stereocenters. The van der Waals surface area contributed by atoms with Crippen molar-refractivity contribution in [3.63, 3.8) is 0 Å². The van der Waals surface area contributed by atoms with E-state index in [2.05, 4.69) is 58.2 Å². The van der Waals surface area contributed by atoms with E-state index in [-0.39, 0.29) is 5.56 Å². The van der Waals surface area contributed by atoms with Crippen LogP contribution in [0.15, 0.2) is 65.5 Å². The third kappa shape index (κ3) is 4.61. The number of nitrogens with zero attached hydrogens (tertiary/aromatic N) is 3. The summed E-state index contributed by atoms with van der Waals surface area (Å²) >= 11 is 1.57. The Labute approximate surface area is 192 Å². The molecule has 0 radical (unpaired) electrons. The first-order chi connectivity index (χ1) is 15.7. The van der Waals surface area contributed by atoms with Crippen LogP contribution in [-0.2, 0) is 13.1 Å². The van der Waals surface area contributed by atoms with Crippen molar-refractivity contribution in [3.8, 4) is 10.4 Å². The quantitative estimate of drug-likeness (QED) is 0.440. The first-order valence-electron chi connectivity index (χ1n) is 11.3. The van der Waals surface area contributed by atoms with Crippen LogP contribution >= 0.6 is 11.3 Å². The molecule has 6 heteroatoms. The smallest absolute Gasteiger partial charge is 0.259 e. The highest BCUT2D eigenvalue weighted by molar-refractivity contribution is 7.21. The molecule has 164 valence electrons. The van der Waals surface area contributed by atoms with Crippen LogP contribution in [0, 0.1) is 0 Å². The molecular formula is C26H28N4OS. The lowest BCUT2D eigenvalue weighted by atomic mass is 10.1. The highest BCUT2D eigenvalue weighted by atomic mass is 32.1. The molecule has 1 N–H and O–H groups in total. The van der Waals surface area contributed by atoms with E-state index in [1.165, 1.54) is 30.5 Å². The van der Waals surface area contributed by atoms with Crippen LogP contribution in [0.3, 0.4) is 0 Å². The number of anilines is 1. The summed E-state index contributed by atoms with van der Waals surface area (Å²) in [7, 11) is 2.06. The number of fused-ring (bicyclic) bond motifs is 1. The summed E-state index contributed by atoms with van der Waals surface area (Å²) in [6.45, 7) is 3.73. The number of benzene rings is 2. The van der Waals surface area contributed by atoms with Crippen molar-refractivity contribution in [1.82, 2.24) is 14.9 Å². The maximum absolute atomic E-state index is 12.7. The summed E-state index contributed by atoms with van der Waals surface area (Å²) in [4.78, 5) is 26.9. The maximum Gasteiger partial charge on any atom is 0.259 e. The van der Waals surface area contributed by atoms with Gasteiger partial charge in [-0.2, -0.15) is 0 Å². The monoisotopic (exact) mass is 444 g/mol. The van der Waals surface area contributed by atoms with Crippen molar-refractivity contribution in [1.29, 1.82) is 0 Å². The number of hydrogen-bond donors (Lipinski definition) is 1. The summed E-state index contributed by atoms with van der Waals surface area (Å²) < 4.78 is 0. The SMILES string of the molecule is CN(Cc1ccc(N2CCCCC2)cc1)Cc1nc2sc(-c3ccccc3)cc2c(=O)[nH]1. The van der Waals surface area contributed by atoms with Crippen LogP contribution < -0.4 is 10.5 Å². The second kappa shape index (κ2) is 9.27. The predicted octanol–water partition coefficient (Wildman–Crippen LogP) is 5.27. The van der Waals surface area contributed by atoms with Gasteiger partial charge in [0, 0.05) is 30.2 Å². The van der Waals surface area contributed by atoms with E-state index >= 15 is 0 Å². The molecule has 1 fully saturated rings. The first kappa shape index (κ1) is 20.9. The minimum Gasteiger partial charge on any atom is -0.372 e. The van der Waals surface area contributed by atoms with E-state index in [1.54, 1.807) is 11.3 Å². The van der Waals surface area contributed by atoms with Gasteiger partial charge in [-0.1, -0.05) is 42.5 Å². The number of aromatic amines is 1. The summed E-state index contributed by atoms with van der Waals surface area (Å²) in [5.41, 5.74) is 3.63. The Morgan fingerprint density at radius 3 is 2.50 bits per heavy atom. The third-order valence-corrected chi connectivity index (χ3v) is 7.12. The van der Waals surface area contributed by atoms with Crippen LogP contribution in [0.25, 0.3) is 20.7 Å². The third-order valence-electron chi connectivity index (χ3n) is 6.04. The standard InChI is InChI=1S/C26H28N4OS/c1-29(17-19-10-12-21(13-11-19)30-14-6-3-7-15-30)18-24-27-25(31)22-16-23(32-26(22)28-24)20-8-4-2-5-9-20/h2,4-5,8-13,16H,3,6-7,14-15,17-18H2,1H3,(H,27,28,31). The fourth-order valence-electron chi connectivity index (χ4n) is 4.38. The van der Waals surface area contributed by atoms with Crippen molar-refractivity contribution in [2.45, 2.75) is 32.4 Å². The van der Waals surface area contributed by atoms with Gasteiger partial charge in [0.1, 0.15) is 10.7 Å². The van der Waals surface area contributed by atoms with Gasteiger partial charge in [0.05, 0.1) is 11.9 Å². The van der Waals surface area contributed by atoms with Gasteiger partial charge in [0.25, 0.3) is 5.56 Å². The second-order valence-electron chi connectivity index (χ2n) is 8.59. The molecule has 1 aliphatic rings. The van der Waals surface area contributed by atoms with E-state index < -0.39 is 0 Å². The zero-order valence-electron chi connectivity index (χ0n) is 18.4. The van der Waals surface area contributed by atoms with E-state index in [4.69, 9.17) is 4.98 Å². The number of rotatable bonds is 6. The van der Waals surface area contributed by atoms with Crippen LogP contribution in [-0.4, -0.2) is 35.0 Å². The predicted molar refractivity (Wildman–Crippen MR) is 133 cm³/mol. The van der Waals surface area contributed by atoms with Crippen LogP contribution in [0.4, 0.5) is 5.69 Å². The number of H-pyrrole nitrogens is 1. The minimum atomic E-state index is -0.0669. The molecule has 3 heterocycles. The Bertz CT molecular complexity index is 1240. The molecular weight excluding hydrogens is 416 g/mol. The van der Waals surface area contributed by atoms with Crippen molar-refractivity contribution < 1.29 is 0 Å². The van der Waals surface area contributed by atoms with Crippen molar-refractivity contribution in [3.05, 3.63) is 82.4 Å². The fourth-order valence-corrected chi connectivity index (χ4v) is 5.44. The number of aromatic nitrogens is 2. The Balaban J connectivity index is 1.28. The molecule has 32 heavy (non-hydrogen) atoms. The van der Waals surface area contributed by atoms with Gasteiger partial charge in [-0.25, -0.2) is 4.98 Å². The van der Waals surface area contributed by atoms with Crippen LogP contribution in [0.2, 0.25) is 0 Å². The number of nitrogens with one attached hydrogen (secondary N) is 1. The Morgan fingerprint density at radius 2 is 1.75 bits per heavy atom. The molecule has 5 nitrogen and oxygen atoms in total. The molecule has 0 atom stereocenters. The number of piperidine rings is 1. The molecule has 2 aromatic carbocycles. The first-order valence-corrected chi connectivity index (χ1v) is 12.1. The molecule has 0 spiro atoms. The summed E-state index contributed by atoms with van der Waals surface area (Å²) in [6, 6.07) is 21.0. The number of thiophene rings is 1. The Morgan fingerprint density at radius 1 is 1.00 bits per heavy atom. The fraction of sp³-hybridized carbons (Fsp3) is 0.308. The van der Waals surface area contributed by atoms with Gasteiger partial charge in [-0.15, -0.1) is 11.3 Å². The van der Waals surface area contributed by atoms with Crippen molar-refractivity contribution in [2.75, 3.05) is 25.0 Å². The second-order valence-corrected chi connectivity index (χ2v) is 9.63. The average molecular weight is 445 g/mol. The van der Waals surface area contributed by atoms with Gasteiger partial charge in [-0.3, -0.25) is 9.69 Å². The van der Waals surface area contributed by atoms with Gasteiger partial charge in [0.15, 0.2) is 0 Å². The van der Waals surface area contributed by atoms with Crippen molar-refractivity contribution in [2.24, 2.45) is 0 Å². The molecule has 1 aliphatic heterocycles. The van der Waals surface area contributed by atoms with Crippen LogP contribution in [0.1, 0.15) is 30.7 Å². The average Bonchev–Trinajstić information content (AvgIpc) is 3.26. The topological polar surface area (TPSA) is 52.2 Å². The van der Waals surface area contributed by atoms with E-state index in [0.29, 0.717) is 17.8 Å². The minimum absolute atomic E-state index is 0.0669. The molecule has 0 amide bonds. The van der Waals surface area contributed by atoms with E-state index in [0.717, 1.165) is 34.9 Å². The van der Waals surface area contributed by atoms with Crippen LogP contribution in [0.5, 0.6) is 0 Å². The molecule has 2 aromatic heterocycles. The normalized spacial score (nSPS) is 14.4. The molecule has 1 saturated heterocycles. The maximum atomic E-state index is 12.7. The highest BCUT2D eigenvalue weighted by Crippen LogP contribution is 2.30. The lowest BCUT2D eigenvalue weighted by Gasteiger charge is -2.29. The van der Waals surface area contributed by atoms with Gasteiger partial charge >= 0.3 is 0 Å². The largest absolute Gasteiger partial charge is 0.372 e. The molecule has 0 bridgehead atoms. The lowest BCUT2D eigenvalue weighted by molar-refractivity contribution is 0.311. The number of hydrogen-bond acceptors (Lipinski definition) is 5. The van der Waals surface area contributed by atoms with E-state index in [1.807, 2.05) is 24.3 Å². The summed E-state index contributed by atoms with van der Waals surface area (Å²) in [5, 5.41) is 0.661. The van der Waals surface area contributed by atoms with Gasteiger partial charge in [0.2, 0.25) is 0 Å². The molecule has 0 aliphatic carbocycles. The molecule has 5 rings (SSSR count). The Hall–Kier alpha value is -2.96. The molecule has 4 aromatic rings. The lowest BCUT2D eigenvalue weighted by Crippen LogP contribution is -2.29. The zero-order chi connectivity index (χ0) is 21.9. The highest BCUT2D eigenvalue weighted by Gasteiger charge is 2.13. The summed E-state index contributed by atoms with van der Waals surface area (Å²) in [6.07, 6.45) is 3.93. The Kier molecular flexibility index (Phi) is 6.06. The zero-order valence-corrected chi connectivity index (χ0v) is 19.2.